The molecule has 1 aliphatic heterocycles. The number of nitrogens with two attached hydrogens (primary N) is 1. The van der Waals surface area contributed by atoms with Gasteiger partial charge in [-0.25, -0.2) is 0 Å². The number of Topliss-reactive ketones (excluding diaryl/α,β-unsaturated/α-hetero) is 1. The molecule has 2 atom stereocenters. The Morgan fingerprint density at radius 1 is 1.70 bits per heavy atom. The quantitative estimate of drug-likeness (QED) is 0.559. The van der Waals surface area contributed by atoms with Crippen LogP contribution in [0.2, 0.25) is 0 Å². The monoisotopic (exact) mass is 143 g/mol. The van der Waals surface area contributed by atoms with Gasteiger partial charge in [0.25, 0.3) is 0 Å². The summed E-state index contributed by atoms with van der Waals surface area (Å²) in [5, 5.41) is 0. The van der Waals surface area contributed by atoms with Crippen LogP contribution in [0.15, 0.2) is 0 Å². The molecule has 1 saturated heterocycles. The van der Waals surface area contributed by atoms with Crippen LogP contribution >= 0.6 is 0 Å². The van der Waals surface area contributed by atoms with Crippen LogP contribution in [-0.2, 0) is 9.53 Å². The lowest BCUT2D eigenvalue weighted by atomic mass is 9.92. The van der Waals surface area contributed by atoms with Crippen molar-refractivity contribution in [2.75, 3.05) is 13.2 Å². The van der Waals surface area contributed by atoms with Gasteiger partial charge in [-0.1, -0.05) is 0 Å². The number of rotatable bonds is 1. The molecule has 3 nitrogen and oxygen atoms in total. The van der Waals surface area contributed by atoms with Crippen molar-refractivity contribution in [1.82, 2.24) is 0 Å². The van der Waals surface area contributed by atoms with Crippen LogP contribution in [0.25, 0.3) is 0 Å². The van der Waals surface area contributed by atoms with Crippen molar-refractivity contribution in [3.8, 4) is 0 Å². The molecule has 0 aromatic heterocycles. The third kappa shape index (κ3) is 1.55. The SMILES string of the molecule is CC(=O)C1CCOCC1N. The zero-order valence-corrected chi connectivity index (χ0v) is 6.17. The third-order valence-electron chi connectivity index (χ3n) is 1.92. The van der Waals surface area contributed by atoms with Gasteiger partial charge in [-0.3, -0.25) is 4.79 Å². The summed E-state index contributed by atoms with van der Waals surface area (Å²) in [6.07, 6.45) is 0.788. The number of carbonyl (C=O) groups excluding carboxylic acids is 1. The highest BCUT2D eigenvalue weighted by atomic mass is 16.5. The predicted octanol–water partition coefficient (Wildman–Crippen LogP) is -0.0608. The molecule has 3 heteroatoms. The number of hydrogen-bond donors (Lipinski definition) is 1. The highest BCUT2D eigenvalue weighted by Gasteiger charge is 2.25. The van der Waals surface area contributed by atoms with Crippen molar-refractivity contribution in [1.29, 1.82) is 0 Å². The van der Waals surface area contributed by atoms with Gasteiger partial charge >= 0.3 is 0 Å². The molecular formula is C7H13NO2. The summed E-state index contributed by atoms with van der Waals surface area (Å²) in [5.41, 5.74) is 5.63. The average molecular weight is 143 g/mol. The molecule has 2 N–H and O–H groups in total. The van der Waals surface area contributed by atoms with Crippen molar-refractivity contribution >= 4 is 5.78 Å². The predicted molar refractivity (Wildman–Crippen MR) is 37.6 cm³/mol. The molecule has 0 bridgehead atoms. The number of ether oxygens (including phenoxy) is 1. The van der Waals surface area contributed by atoms with Crippen LogP contribution in [0, 0.1) is 5.92 Å². The largest absolute Gasteiger partial charge is 0.380 e. The molecule has 0 aromatic rings. The minimum Gasteiger partial charge on any atom is -0.380 e. The molecule has 1 rings (SSSR count). The maximum Gasteiger partial charge on any atom is 0.134 e. The second kappa shape index (κ2) is 3.12. The lowest BCUT2D eigenvalue weighted by Gasteiger charge is -2.26. The molecule has 0 spiro atoms. The van der Waals surface area contributed by atoms with Gasteiger partial charge in [0.15, 0.2) is 0 Å². The summed E-state index contributed by atoms with van der Waals surface area (Å²) in [4.78, 5) is 10.9. The van der Waals surface area contributed by atoms with Crippen LogP contribution in [0.5, 0.6) is 0 Å². The Labute approximate surface area is 60.5 Å². The van der Waals surface area contributed by atoms with E-state index < -0.39 is 0 Å². The first kappa shape index (κ1) is 7.69. The normalized spacial score (nSPS) is 33.8. The molecule has 0 aromatic carbocycles. The lowest BCUT2D eigenvalue weighted by molar-refractivity contribution is -0.124. The molecule has 2 unspecified atom stereocenters. The zero-order valence-electron chi connectivity index (χ0n) is 6.17. The molecule has 10 heavy (non-hydrogen) atoms. The van der Waals surface area contributed by atoms with E-state index in [2.05, 4.69) is 0 Å². The fourth-order valence-electron chi connectivity index (χ4n) is 1.26. The Morgan fingerprint density at radius 3 is 2.80 bits per heavy atom. The van der Waals surface area contributed by atoms with Crippen molar-refractivity contribution in [3.05, 3.63) is 0 Å². The average Bonchev–Trinajstić information content (AvgIpc) is 1.88. The Bertz CT molecular complexity index is 136. The summed E-state index contributed by atoms with van der Waals surface area (Å²) < 4.78 is 5.08. The van der Waals surface area contributed by atoms with Crippen LogP contribution in [-0.4, -0.2) is 25.0 Å². The molecule has 1 heterocycles. The topological polar surface area (TPSA) is 52.3 Å². The molecule has 1 fully saturated rings. The van der Waals surface area contributed by atoms with Gasteiger partial charge in [0.2, 0.25) is 0 Å². The van der Waals surface area contributed by atoms with E-state index in [4.69, 9.17) is 10.5 Å². The van der Waals surface area contributed by atoms with Gasteiger partial charge in [0.05, 0.1) is 6.61 Å². The van der Waals surface area contributed by atoms with Crippen molar-refractivity contribution in [2.24, 2.45) is 11.7 Å². The van der Waals surface area contributed by atoms with Gasteiger partial charge in [-0.15, -0.1) is 0 Å². The van der Waals surface area contributed by atoms with Gasteiger partial charge < -0.3 is 10.5 Å². The minimum absolute atomic E-state index is 0.0359. The van der Waals surface area contributed by atoms with E-state index in [1.54, 1.807) is 6.92 Å². The van der Waals surface area contributed by atoms with Gasteiger partial charge in [0.1, 0.15) is 5.78 Å². The standard InChI is InChI=1S/C7H13NO2/c1-5(9)6-2-3-10-4-7(6)8/h6-7H,2-4,8H2,1H3. The zero-order chi connectivity index (χ0) is 7.56. The number of ketones is 1. The van der Waals surface area contributed by atoms with E-state index in [1.165, 1.54) is 0 Å². The molecule has 0 saturated carbocycles. The highest BCUT2D eigenvalue weighted by Crippen LogP contribution is 2.14. The van der Waals surface area contributed by atoms with Gasteiger partial charge in [-0.2, -0.15) is 0 Å². The molecule has 0 radical (unpaired) electrons. The van der Waals surface area contributed by atoms with Crippen LogP contribution in [0.1, 0.15) is 13.3 Å². The van der Waals surface area contributed by atoms with E-state index in [9.17, 15) is 4.79 Å². The maximum atomic E-state index is 10.9. The van der Waals surface area contributed by atoms with E-state index in [0.29, 0.717) is 13.2 Å². The number of hydrogen-bond acceptors (Lipinski definition) is 3. The molecule has 58 valence electrons. The molecule has 0 aliphatic carbocycles. The Morgan fingerprint density at radius 2 is 2.40 bits per heavy atom. The maximum absolute atomic E-state index is 10.9. The van der Waals surface area contributed by atoms with Crippen molar-refractivity contribution < 1.29 is 9.53 Å². The van der Waals surface area contributed by atoms with Crippen LogP contribution in [0.3, 0.4) is 0 Å². The second-order valence-electron chi connectivity index (χ2n) is 2.74. The van der Waals surface area contributed by atoms with E-state index in [0.717, 1.165) is 6.42 Å². The Balaban J connectivity index is 2.47. The van der Waals surface area contributed by atoms with Crippen LogP contribution < -0.4 is 5.73 Å². The summed E-state index contributed by atoms with van der Waals surface area (Å²) in [6, 6.07) is -0.0775. The summed E-state index contributed by atoms with van der Waals surface area (Å²) >= 11 is 0. The summed E-state index contributed by atoms with van der Waals surface area (Å²) in [5.74, 6) is 0.226. The van der Waals surface area contributed by atoms with Gasteiger partial charge in [-0.05, 0) is 13.3 Å². The first-order valence-electron chi connectivity index (χ1n) is 3.55. The molecule has 1 aliphatic rings. The van der Waals surface area contributed by atoms with E-state index in [-0.39, 0.29) is 17.7 Å². The van der Waals surface area contributed by atoms with Gasteiger partial charge in [0, 0.05) is 18.6 Å². The smallest absolute Gasteiger partial charge is 0.134 e. The summed E-state index contributed by atoms with van der Waals surface area (Å²) in [7, 11) is 0. The molecular weight excluding hydrogens is 130 g/mol. The first-order valence-corrected chi connectivity index (χ1v) is 3.55. The fraction of sp³-hybridized carbons (Fsp3) is 0.857. The minimum atomic E-state index is -0.0775. The highest BCUT2D eigenvalue weighted by molar-refractivity contribution is 5.79. The lowest BCUT2D eigenvalue weighted by Crippen LogP contribution is -2.42. The Kier molecular flexibility index (Phi) is 2.40. The van der Waals surface area contributed by atoms with Crippen molar-refractivity contribution in [3.63, 3.8) is 0 Å². The van der Waals surface area contributed by atoms with Crippen molar-refractivity contribution in [2.45, 2.75) is 19.4 Å². The first-order chi connectivity index (χ1) is 4.72. The Hall–Kier alpha value is -0.410. The summed E-state index contributed by atoms with van der Waals surface area (Å²) in [6.45, 7) is 2.80. The van der Waals surface area contributed by atoms with Crippen LogP contribution in [0.4, 0.5) is 0 Å². The number of carbonyl (C=O) groups is 1. The molecule has 0 amide bonds. The second-order valence-corrected chi connectivity index (χ2v) is 2.74. The van der Waals surface area contributed by atoms with E-state index >= 15 is 0 Å². The third-order valence-corrected chi connectivity index (χ3v) is 1.92. The fourth-order valence-corrected chi connectivity index (χ4v) is 1.26. The van der Waals surface area contributed by atoms with E-state index in [1.807, 2.05) is 0 Å².